The minimum Gasteiger partial charge on any atom is -0.298 e. The number of ketones is 1. The summed E-state index contributed by atoms with van der Waals surface area (Å²) in [5.74, 6) is -1.09. The molecule has 0 radical (unpaired) electrons. The van der Waals surface area contributed by atoms with Crippen LogP contribution in [0.3, 0.4) is 0 Å². The average Bonchev–Trinajstić information content (AvgIpc) is 3.39. The van der Waals surface area contributed by atoms with Crippen molar-refractivity contribution in [1.82, 2.24) is 4.57 Å². The van der Waals surface area contributed by atoms with Crippen molar-refractivity contribution >= 4 is 72.8 Å². The number of benzene rings is 2. The van der Waals surface area contributed by atoms with Gasteiger partial charge < -0.3 is 0 Å². The summed E-state index contributed by atoms with van der Waals surface area (Å²) in [4.78, 5) is 29.9. The quantitative estimate of drug-likeness (QED) is 0.342. The van der Waals surface area contributed by atoms with Crippen LogP contribution in [0, 0.1) is 0 Å². The number of pyridine rings is 1. The van der Waals surface area contributed by atoms with Crippen molar-refractivity contribution in [3.63, 3.8) is 0 Å². The number of aromatic nitrogens is 1. The summed E-state index contributed by atoms with van der Waals surface area (Å²) < 4.78 is 26.6. The van der Waals surface area contributed by atoms with Gasteiger partial charge in [0.15, 0.2) is 15.6 Å². The molecule has 10 heteroatoms. The third-order valence-electron chi connectivity index (χ3n) is 5.54. The maximum absolute atomic E-state index is 13.1. The Labute approximate surface area is 209 Å². The number of sulfone groups is 1. The SMILES string of the molecule is O=C(Cc1ccc(-n2ccc3cc4c(cc3c2=O)CC=N4)cc1)CS(=O)(=O)c1cc(Cl)c(Cl)s1. The van der Waals surface area contributed by atoms with Gasteiger partial charge >= 0.3 is 0 Å². The Morgan fingerprint density at radius 1 is 1.09 bits per heavy atom. The van der Waals surface area contributed by atoms with Gasteiger partial charge in [-0.1, -0.05) is 35.3 Å². The molecule has 0 spiro atoms. The number of thiophene rings is 1. The van der Waals surface area contributed by atoms with E-state index >= 15 is 0 Å². The summed E-state index contributed by atoms with van der Waals surface area (Å²) in [5.41, 5.74) is 3.07. The lowest BCUT2D eigenvalue weighted by molar-refractivity contribution is -0.116. The molecule has 0 saturated heterocycles. The molecule has 0 N–H and O–H groups in total. The lowest BCUT2D eigenvalue weighted by Gasteiger charge is -2.09. The summed E-state index contributed by atoms with van der Waals surface area (Å²) in [5, 5.41) is 1.59. The smallest absolute Gasteiger partial charge is 0.262 e. The first kappa shape index (κ1) is 23.0. The predicted molar refractivity (Wildman–Crippen MR) is 137 cm³/mol. The molecule has 2 aromatic heterocycles. The Morgan fingerprint density at radius 3 is 2.56 bits per heavy atom. The number of Topliss-reactive ketones (excluding diaryl/α,β-unsaturated/α-hetero) is 1. The highest BCUT2D eigenvalue weighted by atomic mass is 35.5. The van der Waals surface area contributed by atoms with E-state index in [0.29, 0.717) is 23.1 Å². The molecule has 1 aliphatic rings. The summed E-state index contributed by atoms with van der Waals surface area (Å²) in [6.45, 7) is 0. The molecule has 0 fully saturated rings. The van der Waals surface area contributed by atoms with E-state index in [1.165, 1.54) is 6.07 Å². The molecular weight excluding hydrogens is 515 g/mol. The first-order chi connectivity index (χ1) is 16.2. The molecule has 3 heterocycles. The van der Waals surface area contributed by atoms with Crippen LogP contribution in [0.2, 0.25) is 9.36 Å². The van der Waals surface area contributed by atoms with Gasteiger partial charge in [-0.3, -0.25) is 19.1 Å². The van der Waals surface area contributed by atoms with Crippen LogP contribution in [0.1, 0.15) is 11.1 Å². The number of hydrogen-bond donors (Lipinski definition) is 0. The van der Waals surface area contributed by atoms with Gasteiger partial charge in [0.05, 0.1) is 10.7 Å². The normalized spacial score (nSPS) is 12.9. The Balaban J connectivity index is 1.34. The number of fused-ring (bicyclic) bond motifs is 2. The fourth-order valence-electron chi connectivity index (χ4n) is 3.87. The van der Waals surface area contributed by atoms with Crippen LogP contribution in [0.5, 0.6) is 0 Å². The Bertz CT molecular complexity index is 1630. The van der Waals surface area contributed by atoms with Gasteiger partial charge in [0, 0.05) is 36.3 Å². The second-order valence-corrected chi connectivity index (χ2v) is 12.2. The largest absolute Gasteiger partial charge is 0.298 e. The van der Waals surface area contributed by atoms with Crippen molar-refractivity contribution in [2.24, 2.45) is 4.99 Å². The first-order valence-electron chi connectivity index (χ1n) is 10.2. The van der Waals surface area contributed by atoms with Crippen LogP contribution in [-0.2, 0) is 27.5 Å². The van der Waals surface area contributed by atoms with Gasteiger partial charge in [0.2, 0.25) is 0 Å². The fourth-order valence-corrected chi connectivity index (χ4v) is 7.08. The zero-order valence-electron chi connectivity index (χ0n) is 17.5. The molecule has 34 heavy (non-hydrogen) atoms. The molecule has 6 nitrogen and oxygen atoms in total. The van der Waals surface area contributed by atoms with Crippen molar-refractivity contribution in [3.05, 3.63) is 85.6 Å². The second-order valence-electron chi connectivity index (χ2n) is 7.90. The number of hydrogen-bond acceptors (Lipinski definition) is 6. The highest BCUT2D eigenvalue weighted by Gasteiger charge is 2.23. The average molecular weight is 531 g/mol. The van der Waals surface area contributed by atoms with E-state index in [1.54, 1.807) is 35.0 Å². The van der Waals surface area contributed by atoms with Crippen LogP contribution in [0.4, 0.5) is 5.69 Å². The summed E-state index contributed by atoms with van der Waals surface area (Å²) >= 11 is 12.5. The minimum atomic E-state index is -3.82. The Morgan fingerprint density at radius 2 is 1.85 bits per heavy atom. The van der Waals surface area contributed by atoms with Gasteiger partial charge in [-0.25, -0.2) is 8.42 Å². The van der Waals surface area contributed by atoms with Crippen LogP contribution < -0.4 is 5.56 Å². The first-order valence-corrected chi connectivity index (χ1v) is 13.4. The van der Waals surface area contributed by atoms with E-state index in [9.17, 15) is 18.0 Å². The van der Waals surface area contributed by atoms with Crippen molar-refractivity contribution in [2.45, 2.75) is 17.1 Å². The number of nitrogens with zero attached hydrogens (tertiary/aromatic N) is 2. The molecular formula is C24H16Cl2N2O4S2. The molecule has 1 aliphatic heterocycles. The van der Waals surface area contributed by atoms with Gasteiger partial charge in [-0.15, -0.1) is 11.3 Å². The summed E-state index contributed by atoms with van der Waals surface area (Å²) in [6.07, 6.45) is 4.20. The van der Waals surface area contributed by atoms with Gasteiger partial charge in [-0.2, -0.15) is 0 Å². The molecule has 5 rings (SSSR count). The monoisotopic (exact) mass is 530 g/mol. The zero-order chi connectivity index (χ0) is 24.0. The number of halogens is 2. The highest BCUT2D eigenvalue weighted by Crippen LogP contribution is 2.35. The number of aliphatic imine (C=N–C) groups is 1. The minimum absolute atomic E-state index is 0.0286. The second kappa shape index (κ2) is 8.78. The molecule has 0 aliphatic carbocycles. The predicted octanol–water partition coefficient (Wildman–Crippen LogP) is 5.20. The summed E-state index contributed by atoms with van der Waals surface area (Å²) in [7, 11) is -3.82. The van der Waals surface area contributed by atoms with E-state index in [-0.39, 0.29) is 25.5 Å². The maximum atomic E-state index is 13.1. The van der Waals surface area contributed by atoms with Crippen molar-refractivity contribution in [3.8, 4) is 5.69 Å². The van der Waals surface area contributed by atoms with Crippen LogP contribution >= 0.6 is 34.5 Å². The number of rotatable bonds is 6. The van der Waals surface area contributed by atoms with Crippen LogP contribution in [0.15, 0.2) is 68.7 Å². The topological polar surface area (TPSA) is 85.6 Å². The molecule has 4 aromatic rings. The van der Waals surface area contributed by atoms with Crippen molar-refractivity contribution < 1.29 is 13.2 Å². The zero-order valence-corrected chi connectivity index (χ0v) is 20.6. The Kier molecular flexibility index (Phi) is 5.93. The van der Waals surface area contributed by atoms with Crippen LogP contribution in [-0.4, -0.2) is 30.7 Å². The lowest BCUT2D eigenvalue weighted by atomic mass is 10.1. The van der Waals surface area contributed by atoms with Crippen molar-refractivity contribution in [1.29, 1.82) is 0 Å². The van der Waals surface area contributed by atoms with E-state index < -0.39 is 21.4 Å². The lowest BCUT2D eigenvalue weighted by Crippen LogP contribution is -2.18. The molecule has 0 unspecified atom stereocenters. The van der Waals surface area contributed by atoms with E-state index in [4.69, 9.17) is 23.2 Å². The molecule has 172 valence electrons. The third kappa shape index (κ3) is 4.34. The summed E-state index contributed by atoms with van der Waals surface area (Å²) in [6, 6.07) is 13.8. The van der Waals surface area contributed by atoms with Gasteiger partial charge in [0.1, 0.15) is 14.3 Å². The number of carbonyl (C=O) groups is 1. The van der Waals surface area contributed by atoms with Crippen LogP contribution in [0.25, 0.3) is 16.5 Å². The maximum Gasteiger partial charge on any atom is 0.262 e. The van der Waals surface area contributed by atoms with Gasteiger partial charge in [-0.05, 0) is 52.9 Å². The van der Waals surface area contributed by atoms with Crippen molar-refractivity contribution in [2.75, 3.05) is 5.75 Å². The molecule has 0 saturated carbocycles. The molecule has 2 aromatic carbocycles. The third-order valence-corrected chi connectivity index (χ3v) is 9.65. The Hall–Kier alpha value is -2.78. The van der Waals surface area contributed by atoms with E-state index in [2.05, 4.69) is 4.99 Å². The molecule has 0 amide bonds. The fraction of sp³-hybridized carbons (Fsp3) is 0.125. The molecule has 0 bridgehead atoms. The standard InChI is InChI=1S/C24H16Cl2N2O4S2/c25-20-12-22(33-23(20)26)34(31,32)13-18(29)9-14-1-3-17(4-2-14)28-8-6-15-11-21-16(5-7-27-21)10-19(15)24(28)30/h1-4,6-8,10-12H,5,9,13H2. The number of carbonyl (C=O) groups excluding carboxylic acids is 1. The molecule has 0 atom stereocenters. The van der Waals surface area contributed by atoms with E-state index in [1.807, 2.05) is 24.4 Å². The highest BCUT2D eigenvalue weighted by molar-refractivity contribution is 7.94. The van der Waals surface area contributed by atoms with E-state index in [0.717, 1.165) is 28.0 Å². The van der Waals surface area contributed by atoms with Gasteiger partial charge in [0.25, 0.3) is 5.56 Å².